The highest BCUT2D eigenvalue weighted by molar-refractivity contribution is 5.94. The Morgan fingerprint density at radius 1 is 1.35 bits per heavy atom. The lowest BCUT2D eigenvalue weighted by molar-refractivity contribution is 0.0518. The van der Waals surface area contributed by atoms with E-state index in [1.165, 1.54) is 4.57 Å². The Kier molecular flexibility index (Phi) is 3.88. The molecule has 0 aliphatic heterocycles. The van der Waals surface area contributed by atoms with Crippen LogP contribution in [-0.4, -0.2) is 17.1 Å². The van der Waals surface area contributed by atoms with Gasteiger partial charge in [-0.2, -0.15) is 0 Å². The number of nitrogens with zero attached hydrogens (tertiary/aromatic N) is 1. The fraction of sp³-hybridized carbons (Fsp3) is 0.333. The number of esters is 1. The molecule has 0 unspecified atom stereocenters. The summed E-state index contributed by atoms with van der Waals surface area (Å²) in [5.41, 5.74) is -0.716. The Hall–Kier alpha value is -2.17. The van der Waals surface area contributed by atoms with Crippen molar-refractivity contribution in [2.45, 2.75) is 26.8 Å². The van der Waals surface area contributed by atoms with Gasteiger partial charge in [-0.05, 0) is 32.9 Å². The molecule has 1 aromatic carbocycles. The third-order valence-electron chi connectivity index (χ3n) is 3.05. The highest BCUT2D eigenvalue weighted by Gasteiger charge is 2.24. The SMILES string of the molecule is CCOC(=O)c1c(F)c2ccccc2n(C(C)C)c1=O. The molecule has 0 amide bonds. The van der Waals surface area contributed by atoms with E-state index < -0.39 is 22.9 Å². The molecule has 0 atom stereocenters. The molecule has 2 rings (SSSR count). The number of rotatable bonds is 3. The average Bonchev–Trinajstić information content (AvgIpc) is 2.38. The van der Waals surface area contributed by atoms with E-state index in [2.05, 4.69) is 0 Å². The van der Waals surface area contributed by atoms with Gasteiger partial charge >= 0.3 is 5.97 Å². The molecule has 0 fully saturated rings. The largest absolute Gasteiger partial charge is 0.462 e. The lowest BCUT2D eigenvalue weighted by Crippen LogP contribution is -2.30. The maximum Gasteiger partial charge on any atom is 0.346 e. The van der Waals surface area contributed by atoms with Crippen LogP contribution in [0.1, 0.15) is 37.2 Å². The number of halogens is 1. The lowest BCUT2D eigenvalue weighted by atomic mass is 10.1. The molecule has 0 aliphatic carbocycles. The van der Waals surface area contributed by atoms with E-state index in [1.54, 1.807) is 45.0 Å². The quantitative estimate of drug-likeness (QED) is 0.810. The highest BCUT2D eigenvalue weighted by atomic mass is 19.1. The van der Waals surface area contributed by atoms with E-state index in [0.29, 0.717) is 5.52 Å². The van der Waals surface area contributed by atoms with Gasteiger partial charge < -0.3 is 9.30 Å². The maximum atomic E-state index is 14.4. The molecule has 5 heteroatoms. The first kappa shape index (κ1) is 14.2. The van der Waals surface area contributed by atoms with Crippen LogP contribution < -0.4 is 5.56 Å². The van der Waals surface area contributed by atoms with Crippen molar-refractivity contribution >= 4 is 16.9 Å². The van der Waals surface area contributed by atoms with Crippen LogP contribution in [0.5, 0.6) is 0 Å². The molecule has 106 valence electrons. The first-order valence-electron chi connectivity index (χ1n) is 6.48. The summed E-state index contributed by atoms with van der Waals surface area (Å²) in [6.45, 7) is 5.31. The van der Waals surface area contributed by atoms with Crippen LogP contribution in [0.25, 0.3) is 10.9 Å². The lowest BCUT2D eigenvalue weighted by Gasteiger charge is -2.16. The smallest absolute Gasteiger partial charge is 0.346 e. The van der Waals surface area contributed by atoms with Crippen LogP contribution >= 0.6 is 0 Å². The van der Waals surface area contributed by atoms with Gasteiger partial charge in [0.05, 0.1) is 12.1 Å². The van der Waals surface area contributed by atoms with Gasteiger partial charge in [0.15, 0.2) is 11.4 Å². The Bertz CT molecular complexity index is 719. The van der Waals surface area contributed by atoms with Gasteiger partial charge in [0.2, 0.25) is 0 Å². The van der Waals surface area contributed by atoms with E-state index in [9.17, 15) is 14.0 Å². The molecule has 2 aromatic rings. The number of para-hydroxylation sites is 1. The standard InChI is InChI=1S/C15H16FNO3/c1-4-20-15(19)12-13(16)10-7-5-6-8-11(10)17(9(2)3)14(12)18/h5-9H,4H2,1-3H3. The van der Waals surface area contributed by atoms with E-state index >= 15 is 0 Å². The van der Waals surface area contributed by atoms with Gasteiger partial charge in [-0.15, -0.1) is 0 Å². The monoisotopic (exact) mass is 277 g/mol. The zero-order valence-corrected chi connectivity index (χ0v) is 11.6. The summed E-state index contributed by atoms with van der Waals surface area (Å²) in [5.74, 6) is -1.74. The number of hydrogen-bond donors (Lipinski definition) is 0. The number of pyridine rings is 1. The molecule has 1 aromatic heterocycles. The first-order chi connectivity index (χ1) is 9.49. The van der Waals surface area contributed by atoms with Crippen LogP contribution in [0.3, 0.4) is 0 Å². The minimum Gasteiger partial charge on any atom is -0.462 e. The Balaban J connectivity index is 2.90. The Morgan fingerprint density at radius 2 is 2.00 bits per heavy atom. The van der Waals surface area contributed by atoms with Gasteiger partial charge in [-0.25, -0.2) is 9.18 Å². The minimum atomic E-state index is -0.921. The molecular weight excluding hydrogens is 261 g/mol. The summed E-state index contributed by atoms with van der Waals surface area (Å²) in [5, 5.41) is 0.240. The summed E-state index contributed by atoms with van der Waals surface area (Å²) < 4.78 is 20.6. The van der Waals surface area contributed by atoms with Crippen LogP contribution in [0, 0.1) is 5.82 Å². The second kappa shape index (κ2) is 5.45. The maximum absolute atomic E-state index is 14.4. The summed E-state index contributed by atoms with van der Waals surface area (Å²) in [4.78, 5) is 24.2. The van der Waals surface area contributed by atoms with Crippen molar-refractivity contribution in [1.82, 2.24) is 4.57 Å². The third-order valence-corrected chi connectivity index (χ3v) is 3.05. The summed E-state index contributed by atoms with van der Waals surface area (Å²) in [6.07, 6.45) is 0. The summed E-state index contributed by atoms with van der Waals surface area (Å²) in [7, 11) is 0. The molecule has 0 N–H and O–H groups in total. The highest BCUT2D eigenvalue weighted by Crippen LogP contribution is 2.21. The molecule has 0 saturated carbocycles. The second-order valence-electron chi connectivity index (χ2n) is 4.70. The van der Waals surface area contributed by atoms with Crippen molar-refractivity contribution in [3.63, 3.8) is 0 Å². The normalized spacial score (nSPS) is 11.1. The minimum absolute atomic E-state index is 0.0895. The molecule has 4 nitrogen and oxygen atoms in total. The van der Waals surface area contributed by atoms with Gasteiger partial charge in [-0.3, -0.25) is 4.79 Å². The van der Waals surface area contributed by atoms with E-state index in [1.807, 2.05) is 0 Å². The van der Waals surface area contributed by atoms with Crippen molar-refractivity contribution in [2.75, 3.05) is 6.61 Å². The zero-order valence-electron chi connectivity index (χ0n) is 11.6. The zero-order chi connectivity index (χ0) is 14.9. The van der Waals surface area contributed by atoms with Crippen LogP contribution in [0.4, 0.5) is 4.39 Å². The fourth-order valence-corrected chi connectivity index (χ4v) is 2.22. The summed E-state index contributed by atoms with van der Waals surface area (Å²) in [6, 6.07) is 6.40. The number of carbonyl (C=O) groups excluding carboxylic acids is 1. The second-order valence-corrected chi connectivity index (χ2v) is 4.70. The van der Waals surface area contributed by atoms with Crippen LogP contribution in [0.2, 0.25) is 0 Å². The van der Waals surface area contributed by atoms with Crippen molar-refractivity contribution in [3.05, 3.63) is 46.0 Å². The molecule has 1 heterocycles. The molecule has 0 aliphatic rings. The van der Waals surface area contributed by atoms with Crippen molar-refractivity contribution in [1.29, 1.82) is 0 Å². The van der Waals surface area contributed by atoms with Crippen molar-refractivity contribution < 1.29 is 13.9 Å². The van der Waals surface area contributed by atoms with Gasteiger partial charge in [0.1, 0.15) is 0 Å². The average molecular weight is 277 g/mol. The van der Waals surface area contributed by atoms with Crippen LogP contribution in [-0.2, 0) is 4.74 Å². The molecule has 0 bridgehead atoms. The van der Waals surface area contributed by atoms with Crippen molar-refractivity contribution in [2.24, 2.45) is 0 Å². The third kappa shape index (κ3) is 2.19. The summed E-state index contributed by atoms with van der Waals surface area (Å²) >= 11 is 0. The predicted molar refractivity (Wildman–Crippen MR) is 74.5 cm³/mol. The first-order valence-corrected chi connectivity index (χ1v) is 6.48. The predicted octanol–water partition coefficient (Wildman–Crippen LogP) is 2.90. The Morgan fingerprint density at radius 3 is 2.60 bits per heavy atom. The van der Waals surface area contributed by atoms with Gasteiger partial charge in [-0.1, -0.05) is 12.1 Å². The van der Waals surface area contributed by atoms with Crippen molar-refractivity contribution in [3.8, 4) is 0 Å². The molecular formula is C15H16FNO3. The number of carbonyl (C=O) groups is 1. The molecule has 20 heavy (non-hydrogen) atoms. The molecule has 0 radical (unpaired) electrons. The number of ether oxygens (including phenoxy) is 1. The number of benzene rings is 1. The molecule has 0 saturated heterocycles. The fourth-order valence-electron chi connectivity index (χ4n) is 2.22. The number of aromatic nitrogens is 1. The number of fused-ring (bicyclic) bond motifs is 1. The van der Waals surface area contributed by atoms with Gasteiger partial charge in [0.25, 0.3) is 5.56 Å². The van der Waals surface area contributed by atoms with Crippen LogP contribution in [0.15, 0.2) is 29.1 Å². The van der Waals surface area contributed by atoms with E-state index in [0.717, 1.165) is 0 Å². The van der Waals surface area contributed by atoms with E-state index in [-0.39, 0.29) is 18.0 Å². The molecule has 0 spiro atoms. The number of hydrogen-bond acceptors (Lipinski definition) is 3. The topological polar surface area (TPSA) is 48.3 Å². The van der Waals surface area contributed by atoms with Gasteiger partial charge in [0, 0.05) is 11.4 Å². The Labute approximate surface area is 115 Å². The van der Waals surface area contributed by atoms with E-state index in [4.69, 9.17) is 4.74 Å².